The Bertz CT molecular complexity index is 435. The van der Waals surface area contributed by atoms with E-state index in [9.17, 15) is 4.79 Å². The molecule has 0 saturated heterocycles. The number of hydrogen-bond acceptors (Lipinski definition) is 3. The summed E-state index contributed by atoms with van der Waals surface area (Å²) in [5, 5.41) is 3.51. The molecule has 1 rings (SSSR count). The molecule has 0 aliphatic carbocycles. The van der Waals surface area contributed by atoms with E-state index >= 15 is 0 Å². The smallest absolute Gasteiger partial charge is 0.234 e. The number of nitrogens with zero attached hydrogens (tertiary/aromatic N) is 1. The third kappa shape index (κ3) is 5.49. The summed E-state index contributed by atoms with van der Waals surface area (Å²) in [5.41, 5.74) is 7.58. The van der Waals surface area contributed by atoms with E-state index in [-0.39, 0.29) is 11.9 Å². The summed E-state index contributed by atoms with van der Waals surface area (Å²) in [6, 6.07) is 5.61. The van der Waals surface area contributed by atoms with E-state index in [0.717, 1.165) is 12.1 Å². The summed E-state index contributed by atoms with van der Waals surface area (Å²) in [4.78, 5) is 13.8. The van der Waals surface area contributed by atoms with Crippen LogP contribution in [0.25, 0.3) is 0 Å². The largest absolute Gasteiger partial charge is 0.398 e. The van der Waals surface area contributed by atoms with E-state index in [1.807, 2.05) is 37.8 Å². The van der Waals surface area contributed by atoms with Crippen LogP contribution in [0.15, 0.2) is 18.2 Å². The van der Waals surface area contributed by atoms with E-state index < -0.39 is 0 Å². The lowest BCUT2D eigenvalue weighted by atomic mass is 10.1. The Morgan fingerprint density at radius 3 is 2.68 bits per heavy atom. The minimum atomic E-state index is 0.0318. The Hall–Kier alpha value is -1.26. The fraction of sp³-hybridized carbons (Fsp3) is 0.500. The first-order valence-electron chi connectivity index (χ1n) is 6.48. The van der Waals surface area contributed by atoms with E-state index in [2.05, 4.69) is 5.32 Å². The SMILES string of the molecule is CCN(CC(=O)NC(C)C)Cc1ccc(Cl)cc1N. The zero-order valence-electron chi connectivity index (χ0n) is 11.7. The van der Waals surface area contributed by atoms with Crippen molar-refractivity contribution in [3.8, 4) is 0 Å². The Morgan fingerprint density at radius 1 is 1.47 bits per heavy atom. The highest BCUT2D eigenvalue weighted by molar-refractivity contribution is 6.30. The quantitative estimate of drug-likeness (QED) is 0.788. The van der Waals surface area contributed by atoms with Gasteiger partial charge in [0, 0.05) is 23.3 Å². The molecule has 0 atom stereocenters. The number of carbonyl (C=O) groups is 1. The third-order valence-electron chi connectivity index (χ3n) is 2.77. The van der Waals surface area contributed by atoms with Crippen molar-refractivity contribution >= 4 is 23.2 Å². The van der Waals surface area contributed by atoms with Crippen molar-refractivity contribution in [3.05, 3.63) is 28.8 Å². The Labute approximate surface area is 119 Å². The topological polar surface area (TPSA) is 58.4 Å². The molecular formula is C14H22ClN3O. The fourth-order valence-electron chi connectivity index (χ4n) is 1.80. The molecule has 0 saturated carbocycles. The van der Waals surface area contributed by atoms with Crippen molar-refractivity contribution in [3.63, 3.8) is 0 Å². The molecule has 0 bridgehead atoms. The lowest BCUT2D eigenvalue weighted by Crippen LogP contribution is -2.39. The molecule has 19 heavy (non-hydrogen) atoms. The number of hydrogen-bond donors (Lipinski definition) is 2. The number of anilines is 1. The van der Waals surface area contributed by atoms with Crippen molar-refractivity contribution in [2.24, 2.45) is 0 Å². The average molecular weight is 284 g/mol. The summed E-state index contributed by atoms with van der Waals surface area (Å²) < 4.78 is 0. The molecule has 0 aliphatic rings. The molecule has 106 valence electrons. The highest BCUT2D eigenvalue weighted by Gasteiger charge is 2.11. The number of nitrogens with two attached hydrogens (primary N) is 1. The Balaban J connectivity index is 2.63. The van der Waals surface area contributed by atoms with Crippen LogP contribution in [0, 0.1) is 0 Å². The molecule has 0 aliphatic heterocycles. The van der Waals surface area contributed by atoms with Crippen molar-refractivity contribution < 1.29 is 4.79 Å². The lowest BCUT2D eigenvalue weighted by molar-refractivity contribution is -0.122. The number of benzene rings is 1. The van der Waals surface area contributed by atoms with Gasteiger partial charge in [-0.2, -0.15) is 0 Å². The molecule has 0 radical (unpaired) electrons. The second-order valence-corrected chi connectivity index (χ2v) is 5.31. The maximum atomic E-state index is 11.7. The molecule has 5 heteroatoms. The Kier molecular flexibility index (Phi) is 6.12. The molecule has 1 aromatic rings. The number of rotatable bonds is 6. The summed E-state index contributed by atoms with van der Waals surface area (Å²) >= 11 is 5.87. The van der Waals surface area contributed by atoms with E-state index in [0.29, 0.717) is 23.8 Å². The van der Waals surface area contributed by atoms with Crippen LogP contribution in [0.5, 0.6) is 0 Å². The molecule has 4 nitrogen and oxygen atoms in total. The normalized spacial score (nSPS) is 11.1. The number of halogens is 1. The second kappa shape index (κ2) is 7.36. The number of nitrogens with one attached hydrogen (secondary N) is 1. The zero-order valence-corrected chi connectivity index (χ0v) is 12.5. The minimum absolute atomic E-state index is 0.0318. The molecular weight excluding hydrogens is 262 g/mol. The monoisotopic (exact) mass is 283 g/mol. The summed E-state index contributed by atoms with van der Waals surface area (Å²) in [6.45, 7) is 7.72. The van der Waals surface area contributed by atoms with Gasteiger partial charge in [-0.1, -0.05) is 24.6 Å². The summed E-state index contributed by atoms with van der Waals surface area (Å²) in [6.07, 6.45) is 0. The van der Waals surface area contributed by atoms with Crippen molar-refractivity contribution in [1.29, 1.82) is 0 Å². The van der Waals surface area contributed by atoms with Crippen LogP contribution < -0.4 is 11.1 Å². The van der Waals surface area contributed by atoms with Crippen LogP contribution in [-0.2, 0) is 11.3 Å². The zero-order chi connectivity index (χ0) is 14.4. The first-order chi connectivity index (χ1) is 8.92. The van der Waals surface area contributed by atoms with Gasteiger partial charge < -0.3 is 11.1 Å². The molecule has 3 N–H and O–H groups in total. The number of carbonyl (C=O) groups excluding carboxylic acids is 1. The van der Waals surface area contributed by atoms with Crippen LogP contribution in [0.1, 0.15) is 26.3 Å². The van der Waals surface area contributed by atoms with Crippen LogP contribution >= 0.6 is 11.6 Å². The van der Waals surface area contributed by atoms with Crippen LogP contribution in [0.2, 0.25) is 5.02 Å². The molecule has 1 amide bonds. The summed E-state index contributed by atoms with van der Waals surface area (Å²) in [5.74, 6) is 0.0318. The maximum absolute atomic E-state index is 11.7. The van der Waals surface area contributed by atoms with Gasteiger partial charge in [0.25, 0.3) is 0 Å². The highest BCUT2D eigenvalue weighted by atomic mass is 35.5. The van der Waals surface area contributed by atoms with E-state index in [1.165, 1.54) is 0 Å². The first-order valence-corrected chi connectivity index (χ1v) is 6.85. The average Bonchev–Trinajstić information content (AvgIpc) is 2.30. The fourth-order valence-corrected chi connectivity index (χ4v) is 1.98. The van der Waals surface area contributed by atoms with Crippen molar-refractivity contribution in [1.82, 2.24) is 10.2 Å². The molecule has 0 heterocycles. The third-order valence-corrected chi connectivity index (χ3v) is 3.00. The van der Waals surface area contributed by atoms with Crippen LogP contribution in [-0.4, -0.2) is 29.9 Å². The predicted molar refractivity (Wildman–Crippen MR) is 80.1 cm³/mol. The van der Waals surface area contributed by atoms with Crippen molar-refractivity contribution in [2.75, 3.05) is 18.8 Å². The van der Waals surface area contributed by atoms with Gasteiger partial charge in [0.15, 0.2) is 0 Å². The van der Waals surface area contributed by atoms with E-state index in [1.54, 1.807) is 6.07 Å². The predicted octanol–water partition coefficient (Wildman–Crippen LogP) is 2.27. The first kappa shape index (κ1) is 15.8. The van der Waals surface area contributed by atoms with Crippen LogP contribution in [0.3, 0.4) is 0 Å². The number of amides is 1. The van der Waals surface area contributed by atoms with Gasteiger partial charge in [0.05, 0.1) is 6.54 Å². The molecule has 0 fully saturated rings. The van der Waals surface area contributed by atoms with Gasteiger partial charge in [-0.05, 0) is 38.1 Å². The van der Waals surface area contributed by atoms with Gasteiger partial charge in [-0.3, -0.25) is 9.69 Å². The standard InChI is InChI=1S/C14H22ClN3O/c1-4-18(9-14(19)17-10(2)3)8-11-5-6-12(15)7-13(11)16/h5-7,10H,4,8-9,16H2,1-3H3,(H,17,19). The molecule has 1 aromatic carbocycles. The Morgan fingerprint density at radius 2 is 2.16 bits per heavy atom. The summed E-state index contributed by atoms with van der Waals surface area (Å²) in [7, 11) is 0. The van der Waals surface area contributed by atoms with Gasteiger partial charge in [-0.25, -0.2) is 0 Å². The number of likely N-dealkylation sites (N-methyl/N-ethyl adjacent to an activating group) is 1. The maximum Gasteiger partial charge on any atom is 0.234 e. The van der Waals surface area contributed by atoms with Gasteiger partial charge >= 0.3 is 0 Å². The molecule has 0 unspecified atom stereocenters. The second-order valence-electron chi connectivity index (χ2n) is 4.87. The molecule has 0 spiro atoms. The minimum Gasteiger partial charge on any atom is -0.398 e. The van der Waals surface area contributed by atoms with Gasteiger partial charge in [-0.15, -0.1) is 0 Å². The van der Waals surface area contributed by atoms with E-state index in [4.69, 9.17) is 17.3 Å². The van der Waals surface area contributed by atoms with Gasteiger partial charge in [0.1, 0.15) is 0 Å². The molecule has 0 aromatic heterocycles. The number of nitrogen functional groups attached to an aromatic ring is 1. The lowest BCUT2D eigenvalue weighted by Gasteiger charge is -2.21. The van der Waals surface area contributed by atoms with Crippen molar-refractivity contribution in [2.45, 2.75) is 33.4 Å². The van der Waals surface area contributed by atoms with Crippen LogP contribution in [0.4, 0.5) is 5.69 Å². The van der Waals surface area contributed by atoms with Gasteiger partial charge in [0.2, 0.25) is 5.91 Å². The highest BCUT2D eigenvalue weighted by Crippen LogP contribution is 2.19.